The minimum atomic E-state index is -0.282. The third kappa shape index (κ3) is 3.82. The van der Waals surface area contributed by atoms with Gasteiger partial charge < -0.3 is 10.1 Å². The van der Waals surface area contributed by atoms with Gasteiger partial charge in [-0.3, -0.25) is 4.68 Å². The third-order valence-corrected chi connectivity index (χ3v) is 4.01. The maximum atomic E-state index is 11.8. The fraction of sp³-hybridized carbons (Fsp3) is 0.733. The molecule has 1 aliphatic carbocycles. The summed E-state index contributed by atoms with van der Waals surface area (Å²) in [5.41, 5.74) is 1.48. The predicted octanol–water partition coefficient (Wildman–Crippen LogP) is 2.27. The number of hydrogen-bond donors (Lipinski definition) is 1. The minimum Gasteiger partial charge on any atom is -0.462 e. The van der Waals surface area contributed by atoms with E-state index in [4.69, 9.17) is 4.74 Å². The van der Waals surface area contributed by atoms with E-state index in [0.29, 0.717) is 18.7 Å². The molecule has 1 aliphatic rings. The average molecular weight is 279 g/mol. The van der Waals surface area contributed by atoms with E-state index in [0.717, 1.165) is 18.2 Å². The number of hydrogen-bond acceptors (Lipinski definition) is 4. The highest BCUT2D eigenvalue weighted by Gasteiger charge is 2.18. The van der Waals surface area contributed by atoms with Crippen molar-refractivity contribution >= 4 is 5.97 Å². The molecule has 0 spiro atoms. The highest BCUT2D eigenvalue weighted by molar-refractivity contribution is 5.90. The normalized spacial score (nSPS) is 16.3. The monoisotopic (exact) mass is 279 g/mol. The van der Waals surface area contributed by atoms with Crippen LogP contribution in [-0.4, -0.2) is 28.9 Å². The maximum absolute atomic E-state index is 11.8. The van der Waals surface area contributed by atoms with Crippen molar-refractivity contribution in [3.8, 4) is 0 Å². The zero-order valence-corrected chi connectivity index (χ0v) is 12.5. The first-order valence-corrected chi connectivity index (χ1v) is 7.61. The standard InChI is InChI=1S/C15H25N3O2/c1-3-20-15(19)13-10-17-18(2)14(13)11-16-9-12-7-5-4-6-8-12/h10,12,16H,3-9,11H2,1-2H3. The van der Waals surface area contributed by atoms with E-state index in [1.165, 1.54) is 32.1 Å². The Hall–Kier alpha value is -1.36. The van der Waals surface area contributed by atoms with E-state index in [1.807, 2.05) is 14.0 Å². The van der Waals surface area contributed by atoms with Crippen molar-refractivity contribution in [2.75, 3.05) is 13.2 Å². The van der Waals surface area contributed by atoms with E-state index in [-0.39, 0.29) is 5.97 Å². The number of esters is 1. The molecule has 0 atom stereocenters. The molecule has 1 heterocycles. The Morgan fingerprint density at radius 2 is 2.20 bits per heavy atom. The van der Waals surface area contributed by atoms with Gasteiger partial charge in [-0.15, -0.1) is 0 Å². The van der Waals surface area contributed by atoms with Crippen LogP contribution in [0.4, 0.5) is 0 Å². The number of carbonyl (C=O) groups is 1. The molecule has 1 aromatic rings. The second-order valence-corrected chi connectivity index (χ2v) is 5.48. The summed E-state index contributed by atoms with van der Waals surface area (Å²) in [5, 5.41) is 7.63. The number of nitrogens with zero attached hydrogens (tertiary/aromatic N) is 2. The van der Waals surface area contributed by atoms with Crippen LogP contribution in [0.3, 0.4) is 0 Å². The average Bonchev–Trinajstić information content (AvgIpc) is 2.82. The molecule has 2 rings (SSSR count). The van der Waals surface area contributed by atoms with Crippen molar-refractivity contribution in [2.45, 2.75) is 45.6 Å². The molecule has 0 radical (unpaired) electrons. The third-order valence-electron chi connectivity index (χ3n) is 4.01. The van der Waals surface area contributed by atoms with Crippen molar-refractivity contribution in [3.05, 3.63) is 17.5 Å². The molecule has 1 fully saturated rings. The van der Waals surface area contributed by atoms with Gasteiger partial charge in [-0.25, -0.2) is 4.79 Å². The van der Waals surface area contributed by atoms with E-state index in [2.05, 4.69) is 10.4 Å². The highest BCUT2D eigenvalue weighted by Crippen LogP contribution is 2.22. The van der Waals surface area contributed by atoms with Gasteiger partial charge in [-0.1, -0.05) is 19.3 Å². The smallest absolute Gasteiger partial charge is 0.341 e. The van der Waals surface area contributed by atoms with Crippen LogP contribution in [0.5, 0.6) is 0 Å². The van der Waals surface area contributed by atoms with Crippen LogP contribution >= 0.6 is 0 Å². The molecule has 0 saturated heterocycles. The lowest BCUT2D eigenvalue weighted by Gasteiger charge is -2.21. The molecule has 0 aliphatic heterocycles. The van der Waals surface area contributed by atoms with Crippen molar-refractivity contribution in [1.82, 2.24) is 15.1 Å². The van der Waals surface area contributed by atoms with Gasteiger partial charge in [-0.2, -0.15) is 5.10 Å². The van der Waals surface area contributed by atoms with Crippen LogP contribution in [0.15, 0.2) is 6.20 Å². The van der Waals surface area contributed by atoms with E-state index >= 15 is 0 Å². The quantitative estimate of drug-likeness (QED) is 0.812. The molecule has 0 amide bonds. The fourth-order valence-corrected chi connectivity index (χ4v) is 2.84. The Balaban J connectivity index is 1.88. The number of carbonyl (C=O) groups excluding carboxylic acids is 1. The second kappa shape index (κ2) is 7.43. The summed E-state index contributed by atoms with van der Waals surface area (Å²) in [6, 6.07) is 0. The summed E-state index contributed by atoms with van der Waals surface area (Å²) in [7, 11) is 1.86. The fourth-order valence-electron chi connectivity index (χ4n) is 2.84. The molecule has 5 heteroatoms. The molecular formula is C15H25N3O2. The van der Waals surface area contributed by atoms with Gasteiger partial charge in [0.25, 0.3) is 0 Å². The molecular weight excluding hydrogens is 254 g/mol. The topological polar surface area (TPSA) is 56.1 Å². The molecule has 1 saturated carbocycles. The van der Waals surface area contributed by atoms with Crippen molar-refractivity contribution in [3.63, 3.8) is 0 Å². The highest BCUT2D eigenvalue weighted by atomic mass is 16.5. The van der Waals surface area contributed by atoms with Crippen LogP contribution in [-0.2, 0) is 18.3 Å². The first-order chi connectivity index (χ1) is 9.72. The van der Waals surface area contributed by atoms with Crippen LogP contribution < -0.4 is 5.32 Å². The number of ether oxygens (including phenoxy) is 1. The summed E-state index contributed by atoms with van der Waals surface area (Å²) < 4.78 is 6.81. The second-order valence-electron chi connectivity index (χ2n) is 5.48. The summed E-state index contributed by atoms with van der Waals surface area (Å²) in [6.07, 6.45) is 8.32. The Bertz CT molecular complexity index is 436. The molecule has 0 bridgehead atoms. The molecule has 112 valence electrons. The van der Waals surface area contributed by atoms with E-state index in [1.54, 1.807) is 10.9 Å². The Kier molecular flexibility index (Phi) is 5.59. The molecule has 0 unspecified atom stereocenters. The van der Waals surface area contributed by atoms with Crippen molar-refractivity contribution in [1.29, 1.82) is 0 Å². The van der Waals surface area contributed by atoms with Crippen molar-refractivity contribution in [2.24, 2.45) is 13.0 Å². The summed E-state index contributed by atoms with van der Waals surface area (Å²) in [5.74, 6) is 0.498. The van der Waals surface area contributed by atoms with Gasteiger partial charge in [0.15, 0.2) is 0 Å². The van der Waals surface area contributed by atoms with Crippen LogP contribution in [0.25, 0.3) is 0 Å². The number of aryl methyl sites for hydroxylation is 1. The summed E-state index contributed by atoms with van der Waals surface area (Å²) in [4.78, 5) is 11.8. The SMILES string of the molecule is CCOC(=O)c1cnn(C)c1CNCC1CCCCC1. The van der Waals surface area contributed by atoms with Gasteiger partial charge in [0.05, 0.1) is 18.5 Å². The number of aromatic nitrogens is 2. The van der Waals surface area contributed by atoms with Crippen LogP contribution in [0.2, 0.25) is 0 Å². The Morgan fingerprint density at radius 3 is 2.90 bits per heavy atom. The van der Waals surface area contributed by atoms with E-state index < -0.39 is 0 Å². The van der Waals surface area contributed by atoms with Gasteiger partial charge in [0, 0.05) is 13.6 Å². The maximum Gasteiger partial charge on any atom is 0.341 e. The van der Waals surface area contributed by atoms with Gasteiger partial charge in [0.2, 0.25) is 0 Å². The lowest BCUT2D eigenvalue weighted by atomic mass is 9.89. The minimum absolute atomic E-state index is 0.282. The molecule has 0 aromatic carbocycles. The first kappa shape index (κ1) is 15.0. The van der Waals surface area contributed by atoms with Gasteiger partial charge >= 0.3 is 5.97 Å². The molecule has 1 N–H and O–H groups in total. The molecule has 5 nitrogen and oxygen atoms in total. The van der Waals surface area contributed by atoms with Crippen LogP contribution in [0, 0.1) is 5.92 Å². The molecule has 20 heavy (non-hydrogen) atoms. The zero-order chi connectivity index (χ0) is 14.4. The largest absolute Gasteiger partial charge is 0.462 e. The van der Waals surface area contributed by atoms with Gasteiger partial charge in [-0.05, 0) is 32.2 Å². The van der Waals surface area contributed by atoms with Gasteiger partial charge in [0.1, 0.15) is 5.56 Å². The summed E-state index contributed by atoms with van der Waals surface area (Å²) >= 11 is 0. The molecule has 1 aromatic heterocycles. The van der Waals surface area contributed by atoms with Crippen LogP contribution in [0.1, 0.15) is 55.1 Å². The lowest BCUT2D eigenvalue weighted by Crippen LogP contribution is -2.26. The lowest BCUT2D eigenvalue weighted by molar-refractivity contribution is 0.0524. The van der Waals surface area contributed by atoms with Crippen molar-refractivity contribution < 1.29 is 9.53 Å². The number of rotatable bonds is 6. The number of nitrogens with one attached hydrogen (secondary N) is 1. The van der Waals surface area contributed by atoms with E-state index in [9.17, 15) is 4.79 Å². The Labute approximate surface area is 120 Å². The predicted molar refractivity (Wildman–Crippen MR) is 77.4 cm³/mol. The Morgan fingerprint density at radius 1 is 1.45 bits per heavy atom. The zero-order valence-electron chi connectivity index (χ0n) is 12.5. The first-order valence-electron chi connectivity index (χ1n) is 7.61. The summed E-state index contributed by atoms with van der Waals surface area (Å²) in [6.45, 7) is 3.90.